The fourth-order valence-electron chi connectivity index (χ4n) is 3.91. The number of carbonyl (C=O) groups is 2. The van der Waals surface area contributed by atoms with Gasteiger partial charge in [-0.05, 0) is 42.7 Å². The average molecular weight is 428 g/mol. The van der Waals surface area contributed by atoms with Gasteiger partial charge in [0.1, 0.15) is 5.69 Å². The standard InChI is InChI=1S/C23H20N6O3/c1-14-11-18-16(19(30)12-14)13-17(25-22(31)15-5-3-2-4-6-15)23(32)29(18)27-20-7-8-21-24-9-10-28(21)26-20/h2-10,13-14H,11-12H2,1H3,(H,25,31)(H,26,27). The van der Waals surface area contributed by atoms with Crippen LogP contribution < -0.4 is 16.3 Å². The van der Waals surface area contributed by atoms with Crippen molar-refractivity contribution in [2.45, 2.75) is 19.8 Å². The number of nitrogens with one attached hydrogen (secondary N) is 2. The van der Waals surface area contributed by atoms with E-state index in [0.717, 1.165) is 0 Å². The normalized spacial score (nSPS) is 15.4. The number of hydrogen-bond donors (Lipinski definition) is 2. The van der Waals surface area contributed by atoms with E-state index in [4.69, 9.17) is 0 Å². The lowest BCUT2D eigenvalue weighted by Gasteiger charge is -2.25. The minimum atomic E-state index is -0.470. The van der Waals surface area contributed by atoms with E-state index in [1.807, 2.05) is 6.92 Å². The van der Waals surface area contributed by atoms with E-state index in [1.54, 1.807) is 59.4 Å². The summed E-state index contributed by atoms with van der Waals surface area (Å²) in [6, 6.07) is 13.5. The molecule has 3 heterocycles. The number of benzene rings is 1. The molecule has 1 aromatic carbocycles. The van der Waals surface area contributed by atoms with Crippen LogP contribution in [-0.4, -0.2) is 31.0 Å². The van der Waals surface area contributed by atoms with E-state index in [2.05, 4.69) is 20.8 Å². The topological polar surface area (TPSA) is 110 Å². The van der Waals surface area contributed by atoms with Gasteiger partial charge in [-0.2, -0.15) is 0 Å². The molecular formula is C23H20N6O3. The Morgan fingerprint density at radius 3 is 2.72 bits per heavy atom. The van der Waals surface area contributed by atoms with Crippen molar-refractivity contribution in [1.29, 1.82) is 0 Å². The molecule has 2 N–H and O–H groups in total. The Labute approximate surface area is 182 Å². The zero-order valence-corrected chi connectivity index (χ0v) is 17.3. The van der Waals surface area contributed by atoms with Crippen molar-refractivity contribution in [2.24, 2.45) is 5.92 Å². The summed E-state index contributed by atoms with van der Waals surface area (Å²) in [5.74, 6) is -0.000345. The lowest BCUT2D eigenvalue weighted by atomic mass is 9.87. The zero-order valence-electron chi connectivity index (χ0n) is 17.3. The Hall–Kier alpha value is -4.27. The van der Waals surface area contributed by atoms with Gasteiger partial charge in [0.25, 0.3) is 11.5 Å². The summed E-state index contributed by atoms with van der Waals surface area (Å²) < 4.78 is 2.89. The number of hydrogen-bond acceptors (Lipinski definition) is 6. The number of rotatable bonds is 4. The highest BCUT2D eigenvalue weighted by Gasteiger charge is 2.28. The predicted molar refractivity (Wildman–Crippen MR) is 119 cm³/mol. The summed E-state index contributed by atoms with van der Waals surface area (Å²) in [6.45, 7) is 1.97. The van der Waals surface area contributed by atoms with Crippen LogP contribution in [0.2, 0.25) is 0 Å². The van der Waals surface area contributed by atoms with Gasteiger partial charge in [-0.1, -0.05) is 25.1 Å². The average Bonchev–Trinajstić information content (AvgIpc) is 3.25. The van der Waals surface area contributed by atoms with Crippen LogP contribution in [0.3, 0.4) is 0 Å². The quantitative estimate of drug-likeness (QED) is 0.517. The molecule has 160 valence electrons. The summed E-state index contributed by atoms with van der Waals surface area (Å²) in [6.07, 6.45) is 4.25. The summed E-state index contributed by atoms with van der Waals surface area (Å²) in [5.41, 5.74) is 4.64. The summed E-state index contributed by atoms with van der Waals surface area (Å²) in [5, 5.41) is 7.07. The molecule has 1 amide bonds. The van der Waals surface area contributed by atoms with Crippen molar-refractivity contribution in [2.75, 3.05) is 10.7 Å². The molecule has 0 radical (unpaired) electrons. The summed E-state index contributed by atoms with van der Waals surface area (Å²) in [7, 11) is 0. The van der Waals surface area contributed by atoms with Gasteiger partial charge in [0.15, 0.2) is 17.2 Å². The molecule has 9 nitrogen and oxygen atoms in total. The van der Waals surface area contributed by atoms with Crippen LogP contribution in [0.4, 0.5) is 11.5 Å². The summed E-state index contributed by atoms with van der Waals surface area (Å²) in [4.78, 5) is 43.0. The maximum absolute atomic E-state index is 13.4. The highest BCUT2D eigenvalue weighted by Crippen LogP contribution is 2.26. The van der Waals surface area contributed by atoms with Gasteiger partial charge in [0.2, 0.25) is 0 Å². The SMILES string of the molecule is CC1CC(=O)c2cc(NC(=O)c3ccccc3)c(=O)n(Nc3ccc4nccn4n3)c2C1. The maximum atomic E-state index is 13.4. The first-order valence-corrected chi connectivity index (χ1v) is 10.3. The molecule has 0 fully saturated rings. The number of pyridine rings is 1. The van der Waals surface area contributed by atoms with Gasteiger partial charge in [-0.15, -0.1) is 5.10 Å². The number of amides is 1. The number of aromatic nitrogens is 4. The van der Waals surface area contributed by atoms with Crippen LogP contribution in [-0.2, 0) is 6.42 Å². The van der Waals surface area contributed by atoms with Crippen LogP contribution in [0.15, 0.2) is 65.7 Å². The van der Waals surface area contributed by atoms with Crippen molar-refractivity contribution < 1.29 is 9.59 Å². The van der Waals surface area contributed by atoms with E-state index in [9.17, 15) is 14.4 Å². The number of imidazole rings is 1. The first kappa shape index (κ1) is 19.7. The molecule has 9 heteroatoms. The molecule has 0 aliphatic heterocycles. The minimum absolute atomic E-state index is 0.0247. The Morgan fingerprint density at radius 2 is 1.91 bits per heavy atom. The Morgan fingerprint density at radius 1 is 1.09 bits per heavy atom. The third-order valence-electron chi connectivity index (χ3n) is 5.44. The molecule has 1 unspecified atom stereocenters. The molecule has 0 bridgehead atoms. The van der Waals surface area contributed by atoms with Crippen LogP contribution >= 0.6 is 0 Å². The smallest absolute Gasteiger partial charge is 0.293 e. The van der Waals surface area contributed by atoms with E-state index < -0.39 is 11.5 Å². The van der Waals surface area contributed by atoms with Gasteiger partial charge >= 0.3 is 0 Å². The highest BCUT2D eigenvalue weighted by atomic mass is 16.2. The van der Waals surface area contributed by atoms with Crippen LogP contribution in [0.1, 0.15) is 39.8 Å². The Balaban J connectivity index is 1.59. The number of fused-ring (bicyclic) bond motifs is 2. The van der Waals surface area contributed by atoms with E-state index >= 15 is 0 Å². The molecule has 3 aromatic heterocycles. The molecule has 5 rings (SSSR count). The molecule has 4 aromatic rings. The van der Waals surface area contributed by atoms with Crippen LogP contribution in [0, 0.1) is 5.92 Å². The van der Waals surface area contributed by atoms with E-state index in [1.165, 1.54) is 10.7 Å². The van der Waals surface area contributed by atoms with Gasteiger partial charge in [-0.25, -0.2) is 14.2 Å². The summed E-state index contributed by atoms with van der Waals surface area (Å²) >= 11 is 0. The molecule has 32 heavy (non-hydrogen) atoms. The van der Waals surface area contributed by atoms with Crippen molar-refractivity contribution in [1.82, 2.24) is 19.3 Å². The minimum Gasteiger partial charge on any atom is -0.317 e. The van der Waals surface area contributed by atoms with Crippen LogP contribution in [0.25, 0.3) is 5.65 Å². The predicted octanol–water partition coefficient (Wildman–Crippen LogP) is 2.78. The lowest BCUT2D eigenvalue weighted by molar-refractivity contribution is 0.0949. The second-order valence-electron chi connectivity index (χ2n) is 7.88. The lowest BCUT2D eigenvalue weighted by Crippen LogP contribution is -2.37. The molecule has 1 aliphatic rings. The number of ketones is 1. The third-order valence-corrected chi connectivity index (χ3v) is 5.44. The van der Waals surface area contributed by atoms with E-state index in [-0.39, 0.29) is 17.4 Å². The molecule has 0 saturated heterocycles. The number of carbonyl (C=O) groups excluding carboxylic acids is 2. The first-order chi connectivity index (χ1) is 15.5. The number of nitrogens with zero attached hydrogens (tertiary/aromatic N) is 4. The van der Waals surface area contributed by atoms with E-state index in [0.29, 0.717) is 41.1 Å². The van der Waals surface area contributed by atoms with Crippen molar-refractivity contribution >= 4 is 28.8 Å². The van der Waals surface area contributed by atoms with Crippen molar-refractivity contribution in [3.63, 3.8) is 0 Å². The molecular weight excluding hydrogens is 408 g/mol. The van der Waals surface area contributed by atoms with Crippen molar-refractivity contribution in [3.05, 3.63) is 88.1 Å². The first-order valence-electron chi connectivity index (χ1n) is 10.3. The monoisotopic (exact) mass is 428 g/mol. The fraction of sp³-hybridized carbons (Fsp3) is 0.174. The van der Waals surface area contributed by atoms with Crippen molar-refractivity contribution in [3.8, 4) is 0 Å². The zero-order chi connectivity index (χ0) is 22.2. The second-order valence-corrected chi connectivity index (χ2v) is 7.88. The number of Topliss-reactive ketones (excluding diaryl/α,β-unsaturated/α-hetero) is 1. The largest absolute Gasteiger partial charge is 0.317 e. The third kappa shape index (κ3) is 3.53. The molecule has 1 aliphatic carbocycles. The van der Waals surface area contributed by atoms with Crippen LogP contribution in [0.5, 0.6) is 0 Å². The second kappa shape index (κ2) is 7.77. The number of anilines is 2. The molecule has 1 atom stereocenters. The molecule has 0 spiro atoms. The van der Waals surface area contributed by atoms with Gasteiger partial charge in [0.05, 0.1) is 5.69 Å². The molecule has 0 saturated carbocycles. The van der Waals surface area contributed by atoms with Gasteiger partial charge in [0, 0.05) is 29.9 Å². The van der Waals surface area contributed by atoms with Gasteiger partial charge in [-0.3, -0.25) is 19.8 Å². The fourth-order valence-corrected chi connectivity index (χ4v) is 3.91. The van der Waals surface area contributed by atoms with Gasteiger partial charge < -0.3 is 5.32 Å². The highest BCUT2D eigenvalue weighted by molar-refractivity contribution is 6.05. The maximum Gasteiger partial charge on any atom is 0.293 e. The Bertz CT molecular complexity index is 1410. The Kier molecular flexibility index (Phi) is 4.78.